The second-order valence-corrected chi connectivity index (χ2v) is 9.20. The van der Waals surface area contributed by atoms with E-state index >= 15 is 0 Å². The van der Waals surface area contributed by atoms with Gasteiger partial charge in [-0.2, -0.15) is 18.3 Å². The Morgan fingerprint density at radius 3 is 2.18 bits per heavy atom. The molecule has 0 aliphatic heterocycles. The van der Waals surface area contributed by atoms with Crippen LogP contribution in [0.3, 0.4) is 0 Å². The topological polar surface area (TPSA) is 54.7 Å². The van der Waals surface area contributed by atoms with Gasteiger partial charge >= 0.3 is 6.18 Å². The minimum absolute atomic E-state index is 0.0213. The highest BCUT2D eigenvalue weighted by Gasteiger charge is 2.38. The molecule has 0 saturated carbocycles. The Morgan fingerprint density at radius 2 is 1.53 bits per heavy atom. The second kappa shape index (κ2) is 7.87. The van der Waals surface area contributed by atoms with E-state index in [1.54, 1.807) is 42.6 Å². The Morgan fingerprint density at radius 1 is 0.824 bits per heavy atom. The summed E-state index contributed by atoms with van der Waals surface area (Å²) in [6, 6.07) is 20.1. The van der Waals surface area contributed by atoms with Crippen molar-refractivity contribution in [3.8, 4) is 33.8 Å². The molecule has 172 valence electrons. The largest absolute Gasteiger partial charge is 0.454 e. The van der Waals surface area contributed by atoms with Crippen molar-refractivity contribution >= 4 is 11.0 Å². The molecule has 0 unspecified atom stereocenters. The first-order valence-corrected chi connectivity index (χ1v) is 10.8. The maximum absolute atomic E-state index is 13.8. The molecule has 1 N–H and O–H groups in total. The lowest BCUT2D eigenvalue weighted by Gasteiger charge is -2.18. The van der Waals surface area contributed by atoms with Gasteiger partial charge in [-0.05, 0) is 28.7 Å². The summed E-state index contributed by atoms with van der Waals surface area (Å²) in [7, 11) is 0. The van der Waals surface area contributed by atoms with E-state index in [4.69, 9.17) is 4.42 Å². The number of fused-ring (bicyclic) bond motifs is 1. The average Bonchev–Trinajstić information content (AvgIpc) is 3.44. The predicted molar refractivity (Wildman–Crippen MR) is 126 cm³/mol. The smallest absolute Gasteiger partial charge is 0.433 e. The lowest BCUT2D eigenvalue weighted by molar-refractivity contribution is -0.140. The lowest BCUT2D eigenvalue weighted by Crippen LogP contribution is -2.10. The summed E-state index contributed by atoms with van der Waals surface area (Å²) in [5.41, 5.74) is 2.23. The maximum Gasteiger partial charge on any atom is 0.433 e. The van der Waals surface area contributed by atoms with Crippen LogP contribution in [0, 0.1) is 0 Å². The van der Waals surface area contributed by atoms with Crippen molar-refractivity contribution in [1.29, 1.82) is 0 Å². The molecule has 3 heterocycles. The minimum Gasteiger partial charge on any atom is -0.454 e. The average molecular weight is 461 g/mol. The number of furan rings is 1. The highest BCUT2D eigenvalue weighted by Crippen LogP contribution is 2.43. The van der Waals surface area contributed by atoms with Crippen LogP contribution in [0.25, 0.3) is 44.8 Å². The van der Waals surface area contributed by atoms with Crippen LogP contribution in [0.2, 0.25) is 0 Å². The first-order valence-electron chi connectivity index (χ1n) is 10.8. The molecule has 0 spiro atoms. The van der Waals surface area contributed by atoms with Crippen LogP contribution in [0.15, 0.2) is 77.3 Å². The van der Waals surface area contributed by atoms with Gasteiger partial charge in [0.15, 0.2) is 5.58 Å². The number of benzene rings is 2. The van der Waals surface area contributed by atoms with E-state index in [1.165, 1.54) is 5.56 Å². The SMILES string of the molecule is CC(C)(C)c1ccc(-c2cc3ccnc(-c4n[nH]c(C(F)(F)F)c4-c4ccccc4)c3o2)cc1. The molecule has 0 saturated heterocycles. The summed E-state index contributed by atoms with van der Waals surface area (Å²) in [4.78, 5) is 4.37. The van der Waals surface area contributed by atoms with Crippen LogP contribution in [0.1, 0.15) is 32.0 Å². The summed E-state index contributed by atoms with van der Waals surface area (Å²) in [5.74, 6) is 0.609. The molecule has 7 heteroatoms. The molecule has 5 rings (SSSR count). The molecule has 5 aromatic rings. The van der Waals surface area contributed by atoms with Crippen molar-refractivity contribution in [1.82, 2.24) is 15.2 Å². The monoisotopic (exact) mass is 461 g/mol. The van der Waals surface area contributed by atoms with Crippen molar-refractivity contribution in [2.75, 3.05) is 0 Å². The molecule has 0 aliphatic carbocycles. The van der Waals surface area contributed by atoms with E-state index in [1.807, 2.05) is 18.2 Å². The normalized spacial score (nSPS) is 12.4. The van der Waals surface area contributed by atoms with Gasteiger partial charge < -0.3 is 4.42 Å². The van der Waals surface area contributed by atoms with Crippen LogP contribution in [-0.2, 0) is 11.6 Å². The van der Waals surface area contributed by atoms with Crippen LogP contribution in [0.4, 0.5) is 13.2 Å². The van der Waals surface area contributed by atoms with Gasteiger partial charge in [-0.1, -0.05) is 75.4 Å². The molecule has 0 fully saturated rings. The van der Waals surface area contributed by atoms with E-state index in [-0.39, 0.29) is 22.4 Å². The van der Waals surface area contributed by atoms with E-state index in [9.17, 15) is 13.2 Å². The molecule has 2 aromatic carbocycles. The minimum atomic E-state index is -4.60. The van der Waals surface area contributed by atoms with Crippen LogP contribution < -0.4 is 0 Å². The molecule has 34 heavy (non-hydrogen) atoms. The maximum atomic E-state index is 13.8. The molecule has 0 bridgehead atoms. The zero-order valence-corrected chi connectivity index (χ0v) is 18.9. The fraction of sp³-hybridized carbons (Fsp3) is 0.185. The van der Waals surface area contributed by atoms with Crippen molar-refractivity contribution in [3.63, 3.8) is 0 Å². The number of hydrogen-bond acceptors (Lipinski definition) is 3. The Kier molecular flexibility index (Phi) is 5.08. The molecule has 0 aliphatic rings. The van der Waals surface area contributed by atoms with Crippen LogP contribution >= 0.6 is 0 Å². The first kappa shape index (κ1) is 21.9. The summed E-state index contributed by atoms with van der Waals surface area (Å²) in [6.07, 6.45) is -3.05. The zero-order valence-electron chi connectivity index (χ0n) is 18.9. The van der Waals surface area contributed by atoms with Crippen molar-refractivity contribution in [3.05, 3.63) is 84.2 Å². The van der Waals surface area contributed by atoms with Gasteiger partial charge in [-0.25, -0.2) is 0 Å². The standard InChI is InChI=1S/C27H22F3N3O/c1-26(2,3)19-11-9-16(10-12-19)20-15-18-13-14-31-23(24(18)34-20)22-21(17-7-5-4-6-8-17)25(33-32-22)27(28,29)30/h4-15H,1-3H3,(H,32,33). The Balaban J connectivity index is 1.67. The van der Waals surface area contributed by atoms with Gasteiger partial charge in [0.05, 0.1) is 0 Å². The van der Waals surface area contributed by atoms with Gasteiger partial charge in [0.2, 0.25) is 0 Å². The van der Waals surface area contributed by atoms with E-state index in [0.29, 0.717) is 16.9 Å². The van der Waals surface area contributed by atoms with E-state index < -0.39 is 11.9 Å². The third-order valence-corrected chi connectivity index (χ3v) is 5.81. The molecular formula is C27H22F3N3O. The number of alkyl halides is 3. The van der Waals surface area contributed by atoms with Crippen LogP contribution in [0.5, 0.6) is 0 Å². The van der Waals surface area contributed by atoms with Crippen molar-refractivity contribution in [2.24, 2.45) is 0 Å². The second-order valence-electron chi connectivity index (χ2n) is 9.20. The third-order valence-electron chi connectivity index (χ3n) is 5.81. The molecule has 0 atom stereocenters. The van der Waals surface area contributed by atoms with Gasteiger partial charge in [-0.3, -0.25) is 10.1 Å². The summed E-state index contributed by atoms with van der Waals surface area (Å²) >= 11 is 0. The van der Waals surface area contributed by atoms with Gasteiger partial charge in [0.1, 0.15) is 22.8 Å². The number of nitrogens with zero attached hydrogens (tertiary/aromatic N) is 2. The van der Waals surface area contributed by atoms with Gasteiger partial charge in [0, 0.05) is 22.7 Å². The number of nitrogens with one attached hydrogen (secondary N) is 1. The molecular weight excluding hydrogens is 439 g/mol. The number of halogens is 3. The number of H-pyrrole nitrogens is 1. The zero-order chi connectivity index (χ0) is 24.1. The third kappa shape index (κ3) is 3.87. The number of aromatic nitrogens is 3. The Labute approximate surface area is 194 Å². The number of pyridine rings is 1. The first-order chi connectivity index (χ1) is 16.1. The highest BCUT2D eigenvalue weighted by molar-refractivity contribution is 5.96. The summed E-state index contributed by atoms with van der Waals surface area (Å²) < 4.78 is 47.6. The molecule has 3 aromatic heterocycles. The van der Waals surface area contributed by atoms with E-state index in [2.05, 4.69) is 48.1 Å². The van der Waals surface area contributed by atoms with Gasteiger partial charge in [0.25, 0.3) is 0 Å². The number of hydrogen-bond donors (Lipinski definition) is 1. The molecule has 0 radical (unpaired) electrons. The highest BCUT2D eigenvalue weighted by atomic mass is 19.4. The van der Waals surface area contributed by atoms with Gasteiger partial charge in [-0.15, -0.1) is 0 Å². The van der Waals surface area contributed by atoms with E-state index in [0.717, 1.165) is 10.9 Å². The molecule has 4 nitrogen and oxygen atoms in total. The Hall–Kier alpha value is -3.87. The molecule has 0 amide bonds. The fourth-order valence-electron chi connectivity index (χ4n) is 4.01. The fourth-order valence-corrected chi connectivity index (χ4v) is 4.01. The quantitative estimate of drug-likeness (QED) is 0.297. The predicted octanol–water partition coefficient (Wildman–Crippen LogP) is 7.87. The summed E-state index contributed by atoms with van der Waals surface area (Å²) in [6.45, 7) is 6.43. The van der Waals surface area contributed by atoms with Crippen molar-refractivity contribution in [2.45, 2.75) is 32.4 Å². The van der Waals surface area contributed by atoms with Crippen molar-refractivity contribution < 1.29 is 17.6 Å². The Bertz CT molecular complexity index is 1460. The lowest BCUT2D eigenvalue weighted by atomic mass is 9.86. The number of rotatable bonds is 3. The van der Waals surface area contributed by atoms with Crippen LogP contribution in [-0.4, -0.2) is 15.2 Å². The summed E-state index contributed by atoms with van der Waals surface area (Å²) in [5, 5.41) is 6.94. The number of aromatic amines is 1.